The van der Waals surface area contributed by atoms with Gasteiger partial charge in [-0.25, -0.2) is 0 Å². The Labute approximate surface area is 132 Å². The van der Waals surface area contributed by atoms with E-state index < -0.39 is 0 Å². The summed E-state index contributed by atoms with van der Waals surface area (Å²) in [6.07, 6.45) is 4.83. The second-order valence-corrected chi connectivity index (χ2v) is 6.69. The average molecular weight is 303 g/mol. The quantitative estimate of drug-likeness (QED) is 0.837. The van der Waals surface area contributed by atoms with Crippen LogP contribution in [0.5, 0.6) is 11.5 Å². The van der Waals surface area contributed by atoms with Gasteiger partial charge in [0.1, 0.15) is 0 Å². The number of fused-ring (bicyclic) bond motifs is 1. The molecule has 4 rings (SSSR count). The first kappa shape index (κ1) is 14.3. The van der Waals surface area contributed by atoms with Gasteiger partial charge in [0, 0.05) is 37.7 Å². The zero-order valence-corrected chi connectivity index (χ0v) is 13.1. The number of benzene rings is 1. The third-order valence-corrected chi connectivity index (χ3v) is 4.81. The Morgan fingerprint density at radius 1 is 1.05 bits per heavy atom. The Kier molecular flexibility index (Phi) is 4.22. The Balaban J connectivity index is 1.50. The molecule has 0 N–H and O–H groups in total. The van der Waals surface area contributed by atoms with E-state index in [1.54, 1.807) is 0 Å². The molecule has 1 saturated heterocycles. The lowest BCUT2D eigenvalue weighted by atomic mass is 10.1. The molecule has 120 valence electrons. The van der Waals surface area contributed by atoms with Crippen molar-refractivity contribution < 1.29 is 14.2 Å². The lowest BCUT2D eigenvalue weighted by Gasteiger charge is -2.26. The van der Waals surface area contributed by atoms with E-state index in [0.29, 0.717) is 5.92 Å². The van der Waals surface area contributed by atoms with Crippen LogP contribution in [0, 0.1) is 5.92 Å². The van der Waals surface area contributed by atoms with Gasteiger partial charge in [0.15, 0.2) is 11.5 Å². The summed E-state index contributed by atoms with van der Waals surface area (Å²) in [5.41, 5.74) is 1.27. The highest BCUT2D eigenvalue weighted by Gasteiger charge is 2.32. The van der Waals surface area contributed by atoms with E-state index in [1.807, 2.05) is 6.07 Å². The first-order chi connectivity index (χ1) is 10.9. The number of ether oxygens (including phenoxy) is 3. The maximum atomic E-state index is 5.97. The van der Waals surface area contributed by atoms with Crippen molar-refractivity contribution in [2.24, 2.45) is 5.92 Å². The minimum absolute atomic E-state index is 0.695. The first-order valence-corrected chi connectivity index (χ1v) is 8.59. The molecule has 0 radical (unpaired) electrons. The lowest BCUT2D eigenvalue weighted by molar-refractivity contribution is 0.160. The Morgan fingerprint density at radius 3 is 2.77 bits per heavy atom. The van der Waals surface area contributed by atoms with E-state index >= 15 is 0 Å². The minimum atomic E-state index is 0.695. The van der Waals surface area contributed by atoms with E-state index in [2.05, 4.69) is 17.0 Å². The Hall–Kier alpha value is -1.26. The molecular formula is C18H25NO3. The van der Waals surface area contributed by atoms with Gasteiger partial charge in [0.2, 0.25) is 0 Å². The van der Waals surface area contributed by atoms with Crippen molar-refractivity contribution >= 4 is 0 Å². The van der Waals surface area contributed by atoms with Gasteiger partial charge >= 0.3 is 0 Å². The first-order valence-electron chi connectivity index (χ1n) is 8.59. The molecule has 1 saturated carbocycles. The maximum Gasteiger partial charge on any atom is 0.165 e. The van der Waals surface area contributed by atoms with Crippen molar-refractivity contribution in [1.82, 2.24) is 4.90 Å². The molecule has 0 unspecified atom stereocenters. The molecule has 4 heteroatoms. The molecule has 2 aliphatic heterocycles. The zero-order chi connectivity index (χ0) is 14.8. The van der Waals surface area contributed by atoms with E-state index in [4.69, 9.17) is 14.2 Å². The molecular weight excluding hydrogens is 278 g/mol. The van der Waals surface area contributed by atoms with Crippen LogP contribution < -0.4 is 9.47 Å². The summed E-state index contributed by atoms with van der Waals surface area (Å²) in [6, 6.07) is 7.06. The number of rotatable bonds is 5. The van der Waals surface area contributed by atoms with Crippen molar-refractivity contribution in [2.75, 3.05) is 33.0 Å². The summed E-state index contributed by atoms with van der Waals surface area (Å²) in [5, 5.41) is 0. The molecule has 3 aliphatic rings. The molecule has 0 amide bonds. The Morgan fingerprint density at radius 2 is 1.95 bits per heavy atom. The summed E-state index contributed by atoms with van der Waals surface area (Å²) in [6.45, 7) is 5.48. The van der Waals surface area contributed by atoms with Gasteiger partial charge in [-0.15, -0.1) is 0 Å². The molecule has 2 fully saturated rings. The molecule has 2 heterocycles. The summed E-state index contributed by atoms with van der Waals surface area (Å²) in [7, 11) is 0. The standard InChI is InChI=1S/C18H25NO3/c1-3-15(18-17(4-1)21-8-2-9-22-18)12-19(16-5-6-16)11-14-7-10-20-13-14/h1,3-4,14,16H,2,5-13H2/t14-/m1/s1. The highest BCUT2D eigenvalue weighted by Crippen LogP contribution is 2.36. The maximum absolute atomic E-state index is 5.97. The van der Waals surface area contributed by atoms with Crippen LogP contribution in [0.3, 0.4) is 0 Å². The number of para-hydroxylation sites is 1. The van der Waals surface area contributed by atoms with Crippen LogP contribution in [0.4, 0.5) is 0 Å². The van der Waals surface area contributed by atoms with Crippen molar-refractivity contribution in [3.05, 3.63) is 23.8 Å². The predicted octanol–water partition coefficient (Wildman–Crippen LogP) is 2.85. The van der Waals surface area contributed by atoms with Crippen LogP contribution in [0.25, 0.3) is 0 Å². The molecule has 4 nitrogen and oxygen atoms in total. The monoisotopic (exact) mass is 303 g/mol. The van der Waals surface area contributed by atoms with Crippen LogP contribution in [0.15, 0.2) is 18.2 Å². The van der Waals surface area contributed by atoms with Gasteiger partial charge in [-0.1, -0.05) is 12.1 Å². The molecule has 22 heavy (non-hydrogen) atoms. The van der Waals surface area contributed by atoms with Gasteiger partial charge in [-0.2, -0.15) is 0 Å². The fourth-order valence-electron chi connectivity index (χ4n) is 3.44. The van der Waals surface area contributed by atoms with Crippen LogP contribution in [-0.2, 0) is 11.3 Å². The summed E-state index contributed by atoms with van der Waals surface area (Å²) < 4.78 is 17.3. The summed E-state index contributed by atoms with van der Waals surface area (Å²) in [5.74, 6) is 2.57. The largest absolute Gasteiger partial charge is 0.490 e. The molecule has 1 aromatic rings. The molecule has 0 bridgehead atoms. The van der Waals surface area contributed by atoms with Gasteiger partial charge in [0.25, 0.3) is 0 Å². The average Bonchev–Trinajstić information content (AvgIpc) is 3.30. The molecule has 1 aromatic carbocycles. The summed E-state index contributed by atoms with van der Waals surface area (Å²) in [4.78, 5) is 2.63. The van der Waals surface area contributed by atoms with E-state index in [1.165, 1.54) is 24.8 Å². The normalized spacial score (nSPS) is 24.5. The van der Waals surface area contributed by atoms with E-state index in [0.717, 1.165) is 63.5 Å². The Bertz CT molecular complexity index is 509. The van der Waals surface area contributed by atoms with Crippen LogP contribution in [0.1, 0.15) is 31.2 Å². The minimum Gasteiger partial charge on any atom is -0.490 e. The van der Waals surface area contributed by atoms with Crippen LogP contribution >= 0.6 is 0 Å². The fourth-order valence-corrected chi connectivity index (χ4v) is 3.44. The molecule has 1 atom stereocenters. The highest BCUT2D eigenvalue weighted by molar-refractivity contribution is 5.47. The fraction of sp³-hybridized carbons (Fsp3) is 0.667. The van der Waals surface area contributed by atoms with Gasteiger partial charge in [-0.3, -0.25) is 4.90 Å². The zero-order valence-electron chi connectivity index (χ0n) is 13.1. The van der Waals surface area contributed by atoms with Crippen molar-refractivity contribution in [3.63, 3.8) is 0 Å². The van der Waals surface area contributed by atoms with Gasteiger partial charge in [0.05, 0.1) is 19.8 Å². The molecule has 1 aliphatic carbocycles. The van der Waals surface area contributed by atoms with E-state index in [-0.39, 0.29) is 0 Å². The van der Waals surface area contributed by atoms with Crippen LogP contribution in [0.2, 0.25) is 0 Å². The second-order valence-electron chi connectivity index (χ2n) is 6.69. The lowest BCUT2D eigenvalue weighted by Crippen LogP contribution is -2.31. The smallest absolute Gasteiger partial charge is 0.165 e. The topological polar surface area (TPSA) is 30.9 Å². The number of nitrogens with zero attached hydrogens (tertiary/aromatic N) is 1. The molecule has 0 spiro atoms. The van der Waals surface area contributed by atoms with Crippen molar-refractivity contribution in [3.8, 4) is 11.5 Å². The summed E-state index contributed by atoms with van der Waals surface area (Å²) >= 11 is 0. The number of hydrogen-bond donors (Lipinski definition) is 0. The van der Waals surface area contributed by atoms with Crippen molar-refractivity contribution in [1.29, 1.82) is 0 Å². The van der Waals surface area contributed by atoms with Crippen LogP contribution in [-0.4, -0.2) is 43.9 Å². The third-order valence-electron chi connectivity index (χ3n) is 4.81. The predicted molar refractivity (Wildman–Crippen MR) is 84.4 cm³/mol. The van der Waals surface area contributed by atoms with Gasteiger partial charge in [-0.05, 0) is 31.2 Å². The van der Waals surface area contributed by atoms with Gasteiger partial charge < -0.3 is 14.2 Å². The number of hydrogen-bond acceptors (Lipinski definition) is 4. The van der Waals surface area contributed by atoms with Crippen molar-refractivity contribution in [2.45, 2.75) is 38.3 Å². The SMILES string of the molecule is c1cc(CN(C[C@H]2CCOC2)C2CC2)c2c(c1)OCCCO2. The molecule has 0 aromatic heterocycles. The van der Waals surface area contributed by atoms with E-state index in [9.17, 15) is 0 Å². The second kappa shape index (κ2) is 6.47. The highest BCUT2D eigenvalue weighted by atomic mass is 16.5. The third kappa shape index (κ3) is 3.23.